The third kappa shape index (κ3) is 4.95. The number of rotatable bonds is 6. The summed E-state index contributed by atoms with van der Waals surface area (Å²) in [6.07, 6.45) is 0.0793. The largest absolute Gasteiger partial charge is 0.379 e. The zero-order valence-electron chi connectivity index (χ0n) is 17.0. The van der Waals surface area contributed by atoms with E-state index in [2.05, 4.69) is 10.6 Å². The number of fused-ring (bicyclic) bond motifs is 1. The number of nitrogens with one attached hydrogen (secondary N) is 2. The van der Waals surface area contributed by atoms with Crippen molar-refractivity contribution in [3.63, 3.8) is 0 Å². The van der Waals surface area contributed by atoms with Crippen LogP contribution in [0.15, 0.2) is 48.5 Å². The second-order valence-electron chi connectivity index (χ2n) is 7.65. The smallest absolute Gasteiger partial charge is 0.228 e. The van der Waals surface area contributed by atoms with Crippen molar-refractivity contribution in [1.29, 1.82) is 0 Å². The predicted molar refractivity (Wildman–Crippen MR) is 116 cm³/mol. The van der Waals surface area contributed by atoms with Gasteiger partial charge in [-0.25, -0.2) is 8.42 Å². The summed E-state index contributed by atoms with van der Waals surface area (Å²) in [5, 5.41) is 5.67. The van der Waals surface area contributed by atoms with Gasteiger partial charge < -0.3 is 15.4 Å². The van der Waals surface area contributed by atoms with Gasteiger partial charge >= 0.3 is 0 Å². The third-order valence-corrected chi connectivity index (χ3v) is 7.42. The molecule has 1 fully saturated rings. The van der Waals surface area contributed by atoms with Crippen LogP contribution in [0.1, 0.15) is 29.0 Å². The van der Waals surface area contributed by atoms with E-state index in [9.17, 15) is 18.0 Å². The molecule has 9 heteroatoms. The molecule has 0 aromatic heterocycles. The van der Waals surface area contributed by atoms with E-state index in [1.807, 2.05) is 30.3 Å². The Morgan fingerprint density at radius 2 is 1.74 bits per heavy atom. The monoisotopic (exact) mass is 443 g/mol. The molecule has 2 aromatic carbocycles. The lowest BCUT2D eigenvalue weighted by molar-refractivity contribution is -0.126. The van der Waals surface area contributed by atoms with Crippen LogP contribution >= 0.6 is 0 Å². The minimum atomic E-state index is -3.48. The molecule has 2 aromatic rings. The first kappa shape index (κ1) is 21.5. The van der Waals surface area contributed by atoms with E-state index in [0.717, 1.165) is 11.1 Å². The summed E-state index contributed by atoms with van der Waals surface area (Å²) in [6.45, 7) is 1.68. The van der Waals surface area contributed by atoms with Gasteiger partial charge in [0.25, 0.3) is 0 Å². The molecule has 0 bridgehead atoms. The SMILES string of the molecule is O=C1CC(C(=O)NCc2ccccc2CS(=O)(=O)N2CCOCC2)c2ccccc2N1. The summed E-state index contributed by atoms with van der Waals surface area (Å²) < 4.78 is 32.3. The normalized spacial score (nSPS) is 19.4. The first-order valence-corrected chi connectivity index (χ1v) is 11.8. The Hall–Kier alpha value is -2.75. The number of benzene rings is 2. The highest BCUT2D eigenvalue weighted by molar-refractivity contribution is 7.88. The van der Waals surface area contributed by atoms with Gasteiger partial charge in [0.15, 0.2) is 0 Å². The lowest BCUT2D eigenvalue weighted by Crippen LogP contribution is -2.41. The number of sulfonamides is 1. The minimum Gasteiger partial charge on any atom is -0.379 e. The molecule has 164 valence electrons. The number of ether oxygens (including phenoxy) is 1. The van der Waals surface area contributed by atoms with Gasteiger partial charge in [-0.3, -0.25) is 9.59 Å². The van der Waals surface area contributed by atoms with Crippen molar-refractivity contribution < 1.29 is 22.7 Å². The first-order valence-electron chi connectivity index (χ1n) is 10.2. The number of carbonyl (C=O) groups is 2. The molecule has 1 unspecified atom stereocenters. The van der Waals surface area contributed by atoms with Crippen molar-refractivity contribution in [2.75, 3.05) is 31.6 Å². The van der Waals surface area contributed by atoms with Gasteiger partial charge in [-0.1, -0.05) is 42.5 Å². The Morgan fingerprint density at radius 3 is 2.52 bits per heavy atom. The highest BCUT2D eigenvalue weighted by Gasteiger charge is 2.30. The van der Waals surface area contributed by atoms with Crippen molar-refractivity contribution in [2.45, 2.75) is 24.6 Å². The molecular formula is C22H25N3O5S. The fourth-order valence-corrected chi connectivity index (χ4v) is 5.50. The van der Waals surface area contributed by atoms with E-state index in [4.69, 9.17) is 4.74 Å². The Balaban J connectivity index is 1.46. The molecule has 0 spiro atoms. The Kier molecular flexibility index (Phi) is 6.35. The standard InChI is InChI=1S/C22H25N3O5S/c26-21-13-19(18-7-3-4-8-20(18)24-21)22(27)23-14-16-5-1-2-6-17(16)15-31(28,29)25-9-11-30-12-10-25/h1-8,19H,9-15H2,(H,23,27)(H,24,26). The Labute approximate surface area is 181 Å². The topological polar surface area (TPSA) is 105 Å². The molecule has 2 aliphatic rings. The Bertz CT molecular complexity index is 1080. The molecule has 2 N–H and O–H groups in total. The fourth-order valence-electron chi connectivity index (χ4n) is 3.93. The number of nitrogens with zero attached hydrogens (tertiary/aromatic N) is 1. The number of hydrogen-bond acceptors (Lipinski definition) is 5. The molecule has 0 radical (unpaired) electrons. The number of para-hydroxylation sites is 1. The van der Waals surface area contributed by atoms with Crippen LogP contribution in [-0.2, 0) is 36.6 Å². The number of hydrogen-bond donors (Lipinski definition) is 2. The maximum Gasteiger partial charge on any atom is 0.228 e. The van der Waals surface area contributed by atoms with Crippen molar-refractivity contribution >= 4 is 27.5 Å². The van der Waals surface area contributed by atoms with Gasteiger partial charge in [-0.15, -0.1) is 0 Å². The summed E-state index contributed by atoms with van der Waals surface area (Å²) in [6, 6.07) is 14.4. The summed E-state index contributed by atoms with van der Waals surface area (Å²) in [5.41, 5.74) is 2.82. The summed E-state index contributed by atoms with van der Waals surface area (Å²) in [4.78, 5) is 24.9. The van der Waals surface area contributed by atoms with E-state index in [1.165, 1.54) is 4.31 Å². The maximum absolute atomic E-state index is 12.9. The lowest BCUT2D eigenvalue weighted by Gasteiger charge is -2.26. The highest BCUT2D eigenvalue weighted by atomic mass is 32.2. The molecule has 8 nitrogen and oxygen atoms in total. The predicted octanol–water partition coefficient (Wildman–Crippen LogP) is 1.59. The number of anilines is 1. The molecule has 1 atom stereocenters. The first-order chi connectivity index (χ1) is 14.9. The van der Waals surface area contributed by atoms with Crippen molar-refractivity contribution in [3.8, 4) is 0 Å². The molecule has 2 aliphatic heterocycles. The van der Waals surface area contributed by atoms with Crippen LogP contribution in [-0.4, -0.2) is 50.8 Å². The molecule has 31 heavy (non-hydrogen) atoms. The Morgan fingerprint density at radius 1 is 1.06 bits per heavy atom. The van der Waals surface area contributed by atoms with E-state index >= 15 is 0 Å². The van der Waals surface area contributed by atoms with E-state index in [1.54, 1.807) is 18.2 Å². The van der Waals surface area contributed by atoms with Gasteiger partial charge in [-0.05, 0) is 22.8 Å². The van der Waals surface area contributed by atoms with Crippen LogP contribution in [0.3, 0.4) is 0 Å². The van der Waals surface area contributed by atoms with Gasteiger partial charge in [0, 0.05) is 31.7 Å². The van der Waals surface area contributed by atoms with Crippen LogP contribution < -0.4 is 10.6 Å². The summed E-state index contributed by atoms with van der Waals surface area (Å²) >= 11 is 0. The average Bonchev–Trinajstić information content (AvgIpc) is 2.78. The van der Waals surface area contributed by atoms with E-state index in [0.29, 0.717) is 37.6 Å². The summed E-state index contributed by atoms with van der Waals surface area (Å²) in [5.74, 6) is -1.16. The summed E-state index contributed by atoms with van der Waals surface area (Å²) in [7, 11) is -3.48. The highest BCUT2D eigenvalue weighted by Crippen LogP contribution is 2.32. The maximum atomic E-state index is 12.9. The van der Waals surface area contributed by atoms with Crippen LogP contribution in [0.2, 0.25) is 0 Å². The zero-order chi connectivity index (χ0) is 21.8. The van der Waals surface area contributed by atoms with Crippen molar-refractivity contribution in [3.05, 3.63) is 65.2 Å². The van der Waals surface area contributed by atoms with Gasteiger partial charge in [0.1, 0.15) is 0 Å². The fraction of sp³-hybridized carbons (Fsp3) is 0.364. The molecular weight excluding hydrogens is 418 g/mol. The third-order valence-electron chi connectivity index (χ3n) is 5.59. The van der Waals surface area contributed by atoms with Crippen LogP contribution in [0, 0.1) is 0 Å². The van der Waals surface area contributed by atoms with Crippen LogP contribution in [0.25, 0.3) is 0 Å². The molecule has 0 saturated carbocycles. The lowest BCUT2D eigenvalue weighted by atomic mass is 9.90. The molecule has 1 saturated heterocycles. The average molecular weight is 444 g/mol. The minimum absolute atomic E-state index is 0.0793. The van der Waals surface area contributed by atoms with Gasteiger partial charge in [0.05, 0.1) is 24.9 Å². The van der Waals surface area contributed by atoms with Crippen molar-refractivity contribution in [1.82, 2.24) is 9.62 Å². The van der Waals surface area contributed by atoms with Crippen LogP contribution in [0.4, 0.5) is 5.69 Å². The van der Waals surface area contributed by atoms with Gasteiger partial charge in [0.2, 0.25) is 21.8 Å². The molecule has 0 aliphatic carbocycles. The quantitative estimate of drug-likeness (QED) is 0.706. The number of carbonyl (C=O) groups excluding carboxylic acids is 2. The van der Waals surface area contributed by atoms with E-state index in [-0.39, 0.29) is 30.5 Å². The van der Waals surface area contributed by atoms with Crippen LogP contribution in [0.5, 0.6) is 0 Å². The molecule has 4 rings (SSSR count). The number of amides is 2. The molecule has 2 heterocycles. The number of morpholine rings is 1. The van der Waals surface area contributed by atoms with Gasteiger partial charge in [-0.2, -0.15) is 4.31 Å². The zero-order valence-corrected chi connectivity index (χ0v) is 17.9. The van der Waals surface area contributed by atoms with E-state index < -0.39 is 15.9 Å². The second kappa shape index (κ2) is 9.17. The second-order valence-corrected chi connectivity index (χ2v) is 9.62. The molecule has 2 amide bonds. The van der Waals surface area contributed by atoms with Crippen molar-refractivity contribution in [2.24, 2.45) is 0 Å².